The van der Waals surface area contributed by atoms with Crippen LogP contribution in [0.3, 0.4) is 0 Å². The number of nitrogens with one attached hydrogen (secondary N) is 1. The van der Waals surface area contributed by atoms with Gasteiger partial charge < -0.3 is 10.1 Å². The number of alkyl carbamates (subject to hydrolysis) is 1. The van der Waals surface area contributed by atoms with Crippen LogP contribution in [0.25, 0.3) is 0 Å². The smallest absolute Gasteiger partial charge is 0.407 e. The fourth-order valence-corrected chi connectivity index (χ4v) is 5.02. The second-order valence-electron chi connectivity index (χ2n) is 6.23. The molecule has 0 saturated heterocycles. The van der Waals surface area contributed by atoms with E-state index in [9.17, 15) is 13.2 Å². The van der Waals surface area contributed by atoms with Crippen LogP contribution >= 0.6 is 11.3 Å². The highest BCUT2D eigenvalue weighted by Crippen LogP contribution is 2.29. The molecule has 1 N–H and O–H groups in total. The zero-order valence-corrected chi connectivity index (χ0v) is 16.2. The number of sulfone groups is 1. The molecule has 1 amide bonds. The van der Waals surface area contributed by atoms with Crippen LogP contribution in [0, 0.1) is 17.2 Å². The minimum absolute atomic E-state index is 0.0651. The van der Waals surface area contributed by atoms with Gasteiger partial charge in [0.05, 0.1) is 17.1 Å². The van der Waals surface area contributed by atoms with E-state index in [-0.39, 0.29) is 17.8 Å². The number of thiophene rings is 1. The Morgan fingerprint density at radius 1 is 1.29 bits per heavy atom. The van der Waals surface area contributed by atoms with E-state index in [0.29, 0.717) is 9.75 Å². The number of ether oxygens (including phenoxy) is 1. The van der Waals surface area contributed by atoms with Crippen molar-refractivity contribution in [3.05, 3.63) is 21.9 Å². The van der Waals surface area contributed by atoms with Crippen molar-refractivity contribution in [2.45, 2.75) is 52.0 Å². The number of amides is 1. The van der Waals surface area contributed by atoms with Crippen LogP contribution in [0.1, 0.15) is 49.6 Å². The van der Waals surface area contributed by atoms with Gasteiger partial charge in [0.25, 0.3) is 0 Å². The monoisotopic (exact) mass is 372 g/mol. The Morgan fingerprint density at radius 2 is 1.92 bits per heavy atom. The number of nitrogens with zero attached hydrogens (tertiary/aromatic N) is 1. The average Bonchev–Trinajstić information content (AvgIpc) is 2.93. The highest BCUT2D eigenvalue weighted by Gasteiger charge is 2.30. The third kappa shape index (κ3) is 5.80. The van der Waals surface area contributed by atoms with E-state index in [0.717, 1.165) is 0 Å². The van der Waals surface area contributed by atoms with Crippen LogP contribution in [-0.4, -0.2) is 32.4 Å². The summed E-state index contributed by atoms with van der Waals surface area (Å²) < 4.78 is 30.4. The first-order chi connectivity index (χ1) is 11.1. The average molecular weight is 373 g/mol. The predicted molar refractivity (Wildman–Crippen MR) is 94.6 cm³/mol. The molecular formula is C16H24N2O4S2. The molecule has 1 aromatic heterocycles. The lowest BCUT2D eigenvalue weighted by molar-refractivity contribution is 0.111. The molecular weight excluding hydrogens is 348 g/mol. The lowest BCUT2D eigenvalue weighted by atomic mass is 10.1. The van der Waals surface area contributed by atoms with Crippen molar-refractivity contribution in [2.24, 2.45) is 5.92 Å². The van der Waals surface area contributed by atoms with E-state index >= 15 is 0 Å². The van der Waals surface area contributed by atoms with Gasteiger partial charge in [0, 0.05) is 10.9 Å². The van der Waals surface area contributed by atoms with Gasteiger partial charge in [0.2, 0.25) is 0 Å². The number of hydrogen-bond donors (Lipinski definition) is 1. The third-order valence-corrected chi connectivity index (χ3v) is 7.02. The molecule has 24 heavy (non-hydrogen) atoms. The van der Waals surface area contributed by atoms with E-state index in [1.165, 1.54) is 11.3 Å². The van der Waals surface area contributed by atoms with Crippen LogP contribution in [0.5, 0.6) is 0 Å². The Balaban J connectivity index is 2.87. The zero-order chi connectivity index (χ0) is 18.5. The third-order valence-electron chi connectivity index (χ3n) is 3.54. The maximum Gasteiger partial charge on any atom is 0.407 e. The van der Waals surface area contributed by atoms with Crippen LogP contribution in [0.4, 0.5) is 4.79 Å². The van der Waals surface area contributed by atoms with Crippen molar-refractivity contribution in [3.63, 3.8) is 0 Å². The quantitative estimate of drug-likeness (QED) is 0.792. The van der Waals surface area contributed by atoms with E-state index < -0.39 is 27.2 Å². The molecule has 0 bridgehead atoms. The molecule has 0 fully saturated rings. The molecule has 0 aliphatic heterocycles. The Morgan fingerprint density at radius 3 is 2.38 bits per heavy atom. The number of hydrogen-bond acceptors (Lipinski definition) is 6. The SMILES string of the molecule is CC(C)OC(=O)N[C@H](CS(=O)(=O)C(C)c1ccc(C#N)s1)C(C)C. The van der Waals surface area contributed by atoms with Crippen LogP contribution in [0.2, 0.25) is 0 Å². The van der Waals surface area contributed by atoms with E-state index in [2.05, 4.69) is 5.32 Å². The summed E-state index contributed by atoms with van der Waals surface area (Å²) in [4.78, 5) is 12.9. The van der Waals surface area contributed by atoms with Gasteiger partial charge in [-0.15, -0.1) is 11.3 Å². The Labute approximate surface area is 147 Å². The van der Waals surface area contributed by atoms with Gasteiger partial charge in [0.1, 0.15) is 10.9 Å². The second kappa shape index (κ2) is 8.49. The summed E-state index contributed by atoms with van der Waals surface area (Å²) >= 11 is 1.17. The molecule has 0 spiro atoms. The molecule has 0 radical (unpaired) electrons. The maximum atomic E-state index is 12.7. The summed E-state index contributed by atoms with van der Waals surface area (Å²) in [6.45, 7) is 8.75. The van der Waals surface area contributed by atoms with E-state index in [1.807, 2.05) is 19.9 Å². The first-order valence-electron chi connectivity index (χ1n) is 7.75. The van der Waals surface area contributed by atoms with Crippen LogP contribution < -0.4 is 5.32 Å². The van der Waals surface area contributed by atoms with Gasteiger partial charge in [-0.05, 0) is 38.8 Å². The standard InChI is InChI=1S/C16H24N2O4S2/c1-10(2)14(18-16(19)22-11(3)4)9-24(20,21)12(5)15-7-6-13(8-17)23-15/h6-7,10-12,14H,9H2,1-5H3,(H,18,19)/t12?,14-/m1/s1. The summed E-state index contributed by atoms with van der Waals surface area (Å²) in [5.74, 6) is -0.247. The second-order valence-corrected chi connectivity index (χ2v) is 9.72. The predicted octanol–water partition coefficient (Wildman–Crippen LogP) is 3.25. The molecule has 1 unspecified atom stereocenters. The molecule has 1 rings (SSSR count). The Kier molecular flexibility index (Phi) is 7.24. The number of rotatable bonds is 7. The van der Waals surface area contributed by atoms with Crippen molar-refractivity contribution in [1.82, 2.24) is 5.32 Å². The molecule has 0 aliphatic carbocycles. The molecule has 0 saturated carbocycles. The fraction of sp³-hybridized carbons (Fsp3) is 0.625. The van der Waals surface area contributed by atoms with E-state index in [4.69, 9.17) is 10.00 Å². The molecule has 1 heterocycles. The minimum atomic E-state index is -3.50. The molecule has 6 nitrogen and oxygen atoms in total. The summed E-state index contributed by atoms with van der Waals surface area (Å²) in [5.41, 5.74) is 0. The summed E-state index contributed by atoms with van der Waals surface area (Å²) in [6, 6.07) is 4.74. The highest BCUT2D eigenvalue weighted by atomic mass is 32.2. The molecule has 0 aliphatic rings. The first kappa shape index (κ1) is 20.5. The normalized spacial score (nSPS) is 14.2. The topological polar surface area (TPSA) is 96.3 Å². The maximum absolute atomic E-state index is 12.7. The molecule has 134 valence electrons. The van der Waals surface area contributed by atoms with Crippen LogP contribution in [-0.2, 0) is 14.6 Å². The van der Waals surface area contributed by atoms with Crippen molar-refractivity contribution >= 4 is 27.3 Å². The van der Waals surface area contributed by atoms with Gasteiger partial charge in [-0.2, -0.15) is 5.26 Å². The fourth-order valence-electron chi connectivity index (χ4n) is 2.00. The lowest BCUT2D eigenvalue weighted by Gasteiger charge is -2.24. The van der Waals surface area contributed by atoms with Gasteiger partial charge in [-0.1, -0.05) is 13.8 Å². The molecule has 8 heteroatoms. The highest BCUT2D eigenvalue weighted by molar-refractivity contribution is 7.91. The molecule has 1 aromatic rings. The van der Waals surface area contributed by atoms with E-state index in [1.54, 1.807) is 32.9 Å². The van der Waals surface area contributed by atoms with Gasteiger partial charge in [0.15, 0.2) is 9.84 Å². The lowest BCUT2D eigenvalue weighted by Crippen LogP contribution is -2.44. The Hall–Kier alpha value is -1.59. The summed E-state index contributed by atoms with van der Waals surface area (Å²) in [6.07, 6.45) is -0.890. The molecule has 0 aromatic carbocycles. The number of carbonyl (C=O) groups excluding carboxylic acids is 1. The van der Waals surface area contributed by atoms with Crippen molar-refractivity contribution < 1.29 is 17.9 Å². The van der Waals surface area contributed by atoms with Gasteiger partial charge >= 0.3 is 6.09 Å². The number of carbonyl (C=O) groups is 1. The first-order valence-corrected chi connectivity index (χ1v) is 10.3. The van der Waals surface area contributed by atoms with Gasteiger partial charge in [-0.25, -0.2) is 13.2 Å². The minimum Gasteiger partial charge on any atom is -0.447 e. The Bertz CT molecular complexity index is 702. The summed E-state index contributed by atoms with van der Waals surface area (Å²) in [7, 11) is -3.50. The van der Waals surface area contributed by atoms with Crippen LogP contribution in [0.15, 0.2) is 12.1 Å². The van der Waals surface area contributed by atoms with Crippen molar-refractivity contribution in [1.29, 1.82) is 5.26 Å². The molecule has 2 atom stereocenters. The number of nitriles is 1. The van der Waals surface area contributed by atoms with Crippen molar-refractivity contribution in [2.75, 3.05) is 5.75 Å². The largest absolute Gasteiger partial charge is 0.447 e. The van der Waals surface area contributed by atoms with Gasteiger partial charge in [-0.3, -0.25) is 0 Å². The zero-order valence-electron chi connectivity index (χ0n) is 14.6. The van der Waals surface area contributed by atoms with Crippen molar-refractivity contribution in [3.8, 4) is 6.07 Å². The summed E-state index contributed by atoms with van der Waals surface area (Å²) in [5, 5.41) is 10.8.